The molecule has 3 heterocycles. The molecule has 0 fully saturated rings. The molecule has 4 aromatic rings. The Morgan fingerprint density at radius 2 is 0.929 bits per heavy atom. The van der Waals surface area contributed by atoms with E-state index in [1.54, 1.807) is 6.07 Å². The summed E-state index contributed by atoms with van der Waals surface area (Å²) in [6, 6.07) is 22.7. The highest BCUT2D eigenvalue weighted by Gasteiger charge is 2.39. The number of nitrogens with zero attached hydrogens (tertiary/aromatic N) is 2. The Labute approximate surface area is 240 Å². The standard InChI is InChI=1S/C32H24N4O6/c37-29-21-11-5-12-22(33-21)30(38)36-28-20-10-4-2-8-18(20)16-26(28)42-32(40)24-14-6-13-23(34-24)31(39)41-25-15-17-7-1-3-9-19(17)27(25)35-29/h1-14,25-28H,15-16H2,(H,35,37)(H,36,38)/t25?,26?,27-,28-/m1/s1. The van der Waals surface area contributed by atoms with Crippen molar-refractivity contribution in [2.75, 3.05) is 0 Å². The predicted molar refractivity (Wildman–Crippen MR) is 148 cm³/mol. The fourth-order valence-electron chi connectivity index (χ4n) is 5.85. The largest absolute Gasteiger partial charge is 0.455 e. The van der Waals surface area contributed by atoms with Gasteiger partial charge in [-0.2, -0.15) is 0 Å². The fraction of sp³-hybridized carbons (Fsp3) is 0.188. The summed E-state index contributed by atoms with van der Waals surface area (Å²) in [7, 11) is 0. The molecule has 2 aliphatic carbocycles. The van der Waals surface area contributed by atoms with Crippen LogP contribution < -0.4 is 10.6 Å². The Balaban J connectivity index is 1.29. The van der Waals surface area contributed by atoms with Gasteiger partial charge in [0, 0.05) is 12.8 Å². The first-order valence-electron chi connectivity index (χ1n) is 13.6. The van der Waals surface area contributed by atoms with Gasteiger partial charge in [-0.25, -0.2) is 19.6 Å². The summed E-state index contributed by atoms with van der Waals surface area (Å²) >= 11 is 0. The van der Waals surface area contributed by atoms with Crippen molar-refractivity contribution in [3.63, 3.8) is 0 Å². The number of amides is 2. The first-order chi connectivity index (χ1) is 20.4. The zero-order chi connectivity index (χ0) is 28.8. The lowest BCUT2D eigenvalue weighted by atomic mass is 10.1. The van der Waals surface area contributed by atoms with E-state index in [1.165, 1.54) is 30.3 Å². The molecule has 1 aliphatic heterocycles. The SMILES string of the molecule is O=C1N[C@@H]2c3ccccc3CC2OC(=O)c2cccc(n2)C(=O)OC2Cc3ccccc3[C@H]2NC(=O)c2cccc1n2. The lowest BCUT2D eigenvalue weighted by Crippen LogP contribution is -2.38. The third-order valence-corrected chi connectivity index (χ3v) is 7.84. The number of carbonyl (C=O) groups is 4. The number of nitrogens with one attached hydrogen (secondary N) is 2. The summed E-state index contributed by atoms with van der Waals surface area (Å²) < 4.78 is 11.7. The number of hydrogen-bond acceptors (Lipinski definition) is 8. The molecule has 208 valence electrons. The zero-order valence-electron chi connectivity index (χ0n) is 22.2. The van der Waals surface area contributed by atoms with Crippen molar-refractivity contribution in [1.29, 1.82) is 0 Å². The van der Waals surface area contributed by atoms with Gasteiger partial charge in [0.05, 0.1) is 12.1 Å². The number of esters is 2. The molecule has 42 heavy (non-hydrogen) atoms. The second kappa shape index (κ2) is 10.2. The number of ether oxygens (including phenoxy) is 2. The van der Waals surface area contributed by atoms with Gasteiger partial charge < -0.3 is 20.1 Å². The van der Waals surface area contributed by atoms with Crippen LogP contribution in [-0.4, -0.2) is 45.9 Å². The molecule has 4 bridgehead atoms. The summed E-state index contributed by atoms with van der Waals surface area (Å²) in [4.78, 5) is 61.9. The molecule has 2 amide bonds. The van der Waals surface area contributed by atoms with Crippen LogP contribution in [0, 0.1) is 0 Å². The van der Waals surface area contributed by atoms with Crippen molar-refractivity contribution in [2.45, 2.75) is 37.1 Å². The molecule has 10 nitrogen and oxygen atoms in total. The molecular formula is C32H24N4O6. The molecule has 2 aromatic carbocycles. The number of fused-ring (bicyclic) bond motifs is 10. The molecule has 0 spiro atoms. The van der Waals surface area contributed by atoms with Gasteiger partial charge in [-0.15, -0.1) is 0 Å². The highest BCUT2D eigenvalue weighted by atomic mass is 16.6. The molecule has 0 radical (unpaired) electrons. The van der Waals surface area contributed by atoms with E-state index >= 15 is 0 Å². The van der Waals surface area contributed by atoms with Gasteiger partial charge >= 0.3 is 11.9 Å². The highest BCUT2D eigenvalue weighted by Crippen LogP contribution is 2.35. The maximum Gasteiger partial charge on any atom is 0.357 e. The van der Waals surface area contributed by atoms with E-state index in [0.29, 0.717) is 12.8 Å². The number of pyridine rings is 2. The summed E-state index contributed by atoms with van der Waals surface area (Å²) in [5.74, 6) is -2.51. The lowest BCUT2D eigenvalue weighted by molar-refractivity contribution is 0.0212. The molecule has 2 unspecified atom stereocenters. The minimum Gasteiger partial charge on any atom is -0.455 e. The number of carbonyl (C=O) groups excluding carboxylic acids is 4. The van der Waals surface area contributed by atoms with E-state index < -0.39 is 48.0 Å². The molecule has 0 saturated carbocycles. The van der Waals surface area contributed by atoms with Crippen LogP contribution in [0.1, 0.15) is 76.3 Å². The monoisotopic (exact) mass is 560 g/mol. The van der Waals surface area contributed by atoms with Gasteiger partial charge in [-0.3, -0.25) is 9.59 Å². The molecule has 4 atom stereocenters. The maximum absolute atomic E-state index is 13.4. The third kappa shape index (κ3) is 4.56. The van der Waals surface area contributed by atoms with Crippen LogP contribution in [0.25, 0.3) is 0 Å². The second-order valence-corrected chi connectivity index (χ2v) is 10.4. The summed E-state index contributed by atoms with van der Waals surface area (Å²) in [5, 5.41) is 5.88. The lowest BCUT2D eigenvalue weighted by Gasteiger charge is -2.23. The van der Waals surface area contributed by atoms with Crippen LogP contribution in [0.15, 0.2) is 84.9 Å². The van der Waals surface area contributed by atoms with Gasteiger partial charge in [-0.1, -0.05) is 60.7 Å². The van der Waals surface area contributed by atoms with Crippen LogP contribution in [0.3, 0.4) is 0 Å². The Morgan fingerprint density at radius 3 is 1.40 bits per heavy atom. The van der Waals surface area contributed by atoms with Crippen molar-refractivity contribution >= 4 is 23.8 Å². The van der Waals surface area contributed by atoms with Gasteiger partial charge in [0.15, 0.2) is 0 Å². The molecule has 2 aromatic heterocycles. The van der Waals surface area contributed by atoms with E-state index in [4.69, 9.17) is 9.47 Å². The first kappa shape index (κ1) is 25.6. The van der Waals surface area contributed by atoms with Crippen molar-refractivity contribution in [3.8, 4) is 0 Å². The van der Waals surface area contributed by atoms with Crippen molar-refractivity contribution in [2.24, 2.45) is 0 Å². The number of hydrogen-bond donors (Lipinski definition) is 2. The van der Waals surface area contributed by atoms with E-state index in [1.807, 2.05) is 48.5 Å². The number of rotatable bonds is 0. The second-order valence-electron chi connectivity index (χ2n) is 10.4. The van der Waals surface area contributed by atoms with Crippen molar-refractivity contribution < 1.29 is 28.7 Å². The Hall–Kier alpha value is -5.38. The summed E-state index contributed by atoms with van der Waals surface area (Å²) in [5.41, 5.74) is 3.38. The molecule has 7 rings (SSSR count). The molecule has 3 aliphatic rings. The van der Waals surface area contributed by atoms with Crippen LogP contribution in [0.4, 0.5) is 0 Å². The Bertz CT molecular complexity index is 1650. The van der Waals surface area contributed by atoms with E-state index in [2.05, 4.69) is 20.6 Å². The summed E-state index contributed by atoms with van der Waals surface area (Å²) in [6.45, 7) is 0. The normalized spacial score (nSPS) is 23.0. The Morgan fingerprint density at radius 1 is 0.524 bits per heavy atom. The van der Waals surface area contributed by atoms with E-state index in [-0.39, 0.29) is 22.8 Å². The van der Waals surface area contributed by atoms with Gasteiger partial charge in [0.1, 0.15) is 35.0 Å². The zero-order valence-corrected chi connectivity index (χ0v) is 22.2. The van der Waals surface area contributed by atoms with E-state index in [9.17, 15) is 19.2 Å². The quantitative estimate of drug-likeness (QED) is 0.313. The third-order valence-electron chi connectivity index (χ3n) is 7.84. The van der Waals surface area contributed by atoms with Gasteiger partial charge in [0.25, 0.3) is 11.8 Å². The smallest absolute Gasteiger partial charge is 0.357 e. The number of aromatic nitrogens is 2. The van der Waals surface area contributed by atoms with Crippen molar-refractivity contribution in [1.82, 2.24) is 20.6 Å². The molecule has 0 saturated heterocycles. The Kier molecular flexibility index (Phi) is 6.23. The predicted octanol–water partition coefficient (Wildman–Crippen LogP) is 3.30. The fourth-order valence-corrected chi connectivity index (χ4v) is 5.85. The van der Waals surface area contributed by atoms with Crippen LogP contribution in [0.2, 0.25) is 0 Å². The average Bonchev–Trinajstić information content (AvgIpc) is 3.53. The molecule has 2 N–H and O–H groups in total. The summed E-state index contributed by atoms with van der Waals surface area (Å²) in [6.07, 6.45) is -0.735. The van der Waals surface area contributed by atoms with E-state index in [0.717, 1.165) is 22.3 Å². The van der Waals surface area contributed by atoms with Crippen molar-refractivity contribution in [3.05, 3.63) is 130 Å². The molecular weight excluding hydrogens is 536 g/mol. The minimum atomic E-state index is -0.737. The number of benzene rings is 2. The topological polar surface area (TPSA) is 137 Å². The van der Waals surface area contributed by atoms with Crippen LogP contribution >= 0.6 is 0 Å². The molecule has 10 heteroatoms. The highest BCUT2D eigenvalue weighted by molar-refractivity contribution is 5.97. The minimum absolute atomic E-state index is 0.0300. The van der Waals surface area contributed by atoms with Gasteiger partial charge in [-0.05, 0) is 46.5 Å². The van der Waals surface area contributed by atoms with Crippen LogP contribution in [0.5, 0.6) is 0 Å². The van der Waals surface area contributed by atoms with Crippen LogP contribution in [-0.2, 0) is 22.3 Å². The average molecular weight is 561 g/mol. The van der Waals surface area contributed by atoms with Gasteiger partial charge in [0.2, 0.25) is 0 Å². The maximum atomic E-state index is 13.4. The first-order valence-corrected chi connectivity index (χ1v) is 13.6.